The highest BCUT2D eigenvalue weighted by Gasteiger charge is 2.14. The van der Waals surface area contributed by atoms with E-state index in [4.69, 9.17) is 4.74 Å². The van der Waals surface area contributed by atoms with E-state index >= 15 is 0 Å². The summed E-state index contributed by atoms with van der Waals surface area (Å²) >= 11 is 0. The molecule has 2 aromatic carbocycles. The fourth-order valence-corrected chi connectivity index (χ4v) is 3.23. The minimum absolute atomic E-state index is 0.174. The topological polar surface area (TPSA) is 84.5 Å². The highest BCUT2D eigenvalue weighted by Crippen LogP contribution is 2.17. The number of aryl methyl sites for hydroxylation is 1. The average molecular weight is 362 g/mol. The maximum Gasteiger partial charge on any atom is 0.261 e. The van der Waals surface area contributed by atoms with Crippen LogP contribution in [0.5, 0.6) is 0 Å². The van der Waals surface area contributed by atoms with Crippen LogP contribution in [0.2, 0.25) is 0 Å². The highest BCUT2D eigenvalue weighted by molar-refractivity contribution is 7.92. The Morgan fingerprint density at radius 1 is 1.12 bits per heavy atom. The number of anilines is 1. The van der Waals surface area contributed by atoms with Crippen molar-refractivity contribution in [2.75, 3.05) is 25.0 Å². The summed E-state index contributed by atoms with van der Waals surface area (Å²) in [5.74, 6) is -0.257. The molecular formula is C18H22N2O4S. The molecule has 0 saturated heterocycles. The third kappa shape index (κ3) is 5.58. The van der Waals surface area contributed by atoms with E-state index in [0.29, 0.717) is 30.8 Å². The van der Waals surface area contributed by atoms with E-state index < -0.39 is 10.0 Å². The van der Waals surface area contributed by atoms with Crippen molar-refractivity contribution in [3.8, 4) is 0 Å². The average Bonchev–Trinajstić information content (AvgIpc) is 2.59. The Balaban J connectivity index is 2.08. The van der Waals surface area contributed by atoms with Crippen molar-refractivity contribution < 1.29 is 17.9 Å². The summed E-state index contributed by atoms with van der Waals surface area (Å²) in [6, 6.07) is 12.9. The molecule has 0 aromatic heterocycles. The second kappa shape index (κ2) is 8.64. The van der Waals surface area contributed by atoms with Gasteiger partial charge in [-0.05, 0) is 43.7 Å². The Kier molecular flexibility index (Phi) is 6.55. The van der Waals surface area contributed by atoms with E-state index in [-0.39, 0.29) is 10.8 Å². The van der Waals surface area contributed by atoms with Crippen molar-refractivity contribution in [3.05, 3.63) is 59.7 Å². The summed E-state index contributed by atoms with van der Waals surface area (Å²) in [5.41, 5.74) is 1.71. The summed E-state index contributed by atoms with van der Waals surface area (Å²) in [5, 5.41) is 2.77. The van der Waals surface area contributed by atoms with Gasteiger partial charge in [0.25, 0.3) is 15.9 Å². The highest BCUT2D eigenvalue weighted by atomic mass is 32.2. The van der Waals surface area contributed by atoms with Gasteiger partial charge in [-0.1, -0.05) is 23.8 Å². The van der Waals surface area contributed by atoms with Crippen molar-refractivity contribution in [2.24, 2.45) is 0 Å². The van der Waals surface area contributed by atoms with Crippen molar-refractivity contribution in [3.63, 3.8) is 0 Å². The van der Waals surface area contributed by atoms with E-state index in [1.807, 2.05) is 6.92 Å². The van der Waals surface area contributed by atoms with E-state index in [0.717, 1.165) is 5.56 Å². The molecule has 2 rings (SSSR count). The summed E-state index contributed by atoms with van der Waals surface area (Å²) in [7, 11) is -2.09. The number of nitrogens with one attached hydrogen (secondary N) is 2. The van der Waals surface area contributed by atoms with Gasteiger partial charge >= 0.3 is 0 Å². The van der Waals surface area contributed by atoms with Crippen LogP contribution in [-0.2, 0) is 14.8 Å². The number of amides is 1. The quantitative estimate of drug-likeness (QED) is 0.707. The molecule has 0 aliphatic carbocycles. The monoisotopic (exact) mass is 362 g/mol. The van der Waals surface area contributed by atoms with Gasteiger partial charge in [-0.2, -0.15) is 0 Å². The lowest BCUT2D eigenvalue weighted by molar-refractivity contribution is 0.0948. The normalized spacial score (nSPS) is 11.1. The number of hydrogen-bond acceptors (Lipinski definition) is 4. The van der Waals surface area contributed by atoms with Crippen molar-refractivity contribution in [1.82, 2.24) is 5.32 Å². The number of methoxy groups -OCH3 is 1. The second-order valence-electron chi connectivity index (χ2n) is 5.60. The second-order valence-corrected chi connectivity index (χ2v) is 7.28. The van der Waals surface area contributed by atoms with Gasteiger partial charge in [0.05, 0.1) is 4.90 Å². The predicted molar refractivity (Wildman–Crippen MR) is 97.3 cm³/mol. The fraction of sp³-hybridized carbons (Fsp3) is 0.278. The Morgan fingerprint density at radius 2 is 1.84 bits per heavy atom. The maximum atomic E-state index is 12.4. The number of ether oxygens (including phenoxy) is 1. The summed E-state index contributed by atoms with van der Waals surface area (Å²) in [6.45, 7) is 2.95. The summed E-state index contributed by atoms with van der Waals surface area (Å²) in [4.78, 5) is 12.3. The number of carbonyl (C=O) groups excluding carboxylic acids is 1. The molecule has 0 atom stereocenters. The Morgan fingerprint density at radius 3 is 2.52 bits per heavy atom. The van der Waals surface area contributed by atoms with E-state index in [1.165, 1.54) is 6.07 Å². The van der Waals surface area contributed by atoms with Crippen LogP contribution < -0.4 is 10.0 Å². The molecule has 2 aromatic rings. The van der Waals surface area contributed by atoms with Gasteiger partial charge in [-0.25, -0.2) is 8.42 Å². The van der Waals surface area contributed by atoms with Crippen LogP contribution in [0, 0.1) is 6.92 Å². The van der Waals surface area contributed by atoms with E-state index in [9.17, 15) is 13.2 Å². The first-order valence-corrected chi connectivity index (χ1v) is 9.37. The van der Waals surface area contributed by atoms with Crippen LogP contribution in [0.4, 0.5) is 5.69 Å². The summed E-state index contributed by atoms with van der Waals surface area (Å²) in [6.07, 6.45) is 0.710. The third-order valence-corrected chi connectivity index (χ3v) is 4.92. The largest absolute Gasteiger partial charge is 0.385 e. The van der Waals surface area contributed by atoms with E-state index in [2.05, 4.69) is 10.0 Å². The molecule has 6 nitrogen and oxygen atoms in total. The molecule has 0 heterocycles. The standard InChI is InChI=1S/C18H22N2O4S/c1-14-7-9-17(10-8-14)25(22,23)20-16-6-3-5-15(13-16)18(21)19-11-4-12-24-2/h3,5-10,13,20H,4,11-12H2,1-2H3,(H,19,21). The molecule has 0 aliphatic heterocycles. The van der Waals surface area contributed by atoms with Crippen molar-refractivity contribution in [2.45, 2.75) is 18.2 Å². The number of hydrogen-bond donors (Lipinski definition) is 2. The first-order chi connectivity index (χ1) is 11.9. The molecule has 0 aliphatic rings. The first kappa shape index (κ1) is 19.0. The van der Waals surface area contributed by atoms with Crippen LogP contribution in [0.25, 0.3) is 0 Å². The smallest absolute Gasteiger partial charge is 0.261 e. The van der Waals surface area contributed by atoms with Gasteiger partial charge in [0.2, 0.25) is 0 Å². The zero-order valence-electron chi connectivity index (χ0n) is 14.3. The lowest BCUT2D eigenvalue weighted by Crippen LogP contribution is -2.25. The van der Waals surface area contributed by atoms with Gasteiger partial charge in [0.1, 0.15) is 0 Å². The zero-order chi connectivity index (χ0) is 18.3. The molecule has 0 fully saturated rings. The van der Waals surface area contributed by atoms with Crippen molar-refractivity contribution in [1.29, 1.82) is 0 Å². The summed E-state index contributed by atoms with van der Waals surface area (Å²) < 4.78 is 32.2. The number of carbonyl (C=O) groups is 1. The molecule has 0 bridgehead atoms. The minimum Gasteiger partial charge on any atom is -0.385 e. The SMILES string of the molecule is COCCCNC(=O)c1cccc(NS(=O)(=O)c2ccc(C)cc2)c1. The lowest BCUT2D eigenvalue weighted by Gasteiger charge is -2.10. The molecule has 0 spiro atoms. The van der Waals surface area contributed by atoms with Crippen LogP contribution in [0.3, 0.4) is 0 Å². The number of sulfonamides is 1. The Bertz CT molecular complexity index is 817. The zero-order valence-corrected chi connectivity index (χ0v) is 15.1. The van der Waals surface area contributed by atoms with Crippen LogP contribution in [-0.4, -0.2) is 34.6 Å². The molecule has 0 unspecified atom stereocenters. The van der Waals surface area contributed by atoms with Gasteiger partial charge < -0.3 is 10.1 Å². The van der Waals surface area contributed by atoms with Crippen LogP contribution >= 0.6 is 0 Å². The molecule has 2 N–H and O–H groups in total. The maximum absolute atomic E-state index is 12.4. The van der Waals surface area contributed by atoms with E-state index in [1.54, 1.807) is 49.6 Å². The molecule has 25 heavy (non-hydrogen) atoms. The van der Waals surface area contributed by atoms with Gasteiger partial charge in [-0.3, -0.25) is 9.52 Å². The van der Waals surface area contributed by atoms with Gasteiger partial charge in [-0.15, -0.1) is 0 Å². The Labute approximate surface area is 148 Å². The number of benzene rings is 2. The Hall–Kier alpha value is -2.38. The minimum atomic E-state index is -3.70. The first-order valence-electron chi connectivity index (χ1n) is 7.89. The lowest BCUT2D eigenvalue weighted by atomic mass is 10.2. The van der Waals surface area contributed by atoms with Gasteiger partial charge in [0, 0.05) is 31.5 Å². The predicted octanol–water partition coefficient (Wildman–Crippen LogP) is 2.56. The molecule has 0 saturated carbocycles. The number of rotatable bonds is 8. The molecule has 0 radical (unpaired) electrons. The molecule has 1 amide bonds. The third-order valence-electron chi connectivity index (χ3n) is 3.52. The van der Waals surface area contributed by atoms with Crippen molar-refractivity contribution >= 4 is 21.6 Å². The van der Waals surface area contributed by atoms with Crippen LogP contribution in [0.1, 0.15) is 22.3 Å². The molecule has 7 heteroatoms. The van der Waals surface area contributed by atoms with Gasteiger partial charge in [0.15, 0.2) is 0 Å². The van der Waals surface area contributed by atoms with Crippen LogP contribution in [0.15, 0.2) is 53.4 Å². The fourth-order valence-electron chi connectivity index (χ4n) is 2.18. The molecular weight excluding hydrogens is 340 g/mol. The molecule has 134 valence electrons.